The number of fused-ring (bicyclic) bond motifs is 3. The van der Waals surface area contributed by atoms with Crippen molar-refractivity contribution >= 4 is 49.9 Å². The van der Waals surface area contributed by atoms with Gasteiger partial charge in [0.15, 0.2) is 12.1 Å². The van der Waals surface area contributed by atoms with Crippen LogP contribution in [0.3, 0.4) is 0 Å². The zero-order chi connectivity index (χ0) is 22.5. The number of imide groups is 1. The Kier molecular flexibility index (Phi) is 5.86. The Morgan fingerprint density at radius 3 is 2.47 bits per heavy atom. The number of nitrogens with one attached hydrogen (secondary N) is 1. The highest BCUT2D eigenvalue weighted by Gasteiger charge is 2.58. The van der Waals surface area contributed by atoms with Crippen molar-refractivity contribution in [2.24, 2.45) is 0 Å². The van der Waals surface area contributed by atoms with Gasteiger partial charge in [-0.05, 0) is 51.0 Å². The number of carbonyl (C=O) groups excluding carboxylic acids is 5. The number of ether oxygens (including phenoxy) is 1. The summed E-state index contributed by atoms with van der Waals surface area (Å²) in [6, 6.07) is -2.06. The zero-order valence-electron chi connectivity index (χ0n) is 17.5. The normalized spacial score (nSPS) is 30.3. The molecule has 3 heterocycles. The van der Waals surface area contributed by atoms with Gasteiger partial charge >= 0.3 is 5.97 Å². The van der Waals surface area contributed by atoms with E-state index in [9.17, 15) is 24.0 Å². The summed E-state index contributed by atoms with van der Waals surface area (Å²) < 4.78 is 12.1. The first-order chi connectivity index (χ1) is 13.8. The molecule has 0 aromatic heterocycles. The van der Waals surface area contributed by atoms with E-state index in [-0.39, 0.29) is 6.42 Å². The lowest BCUT2D eigenvalue weighted by atomic mass is 10.0. The van der Waals surface area contributed by atoms with Crippen molar-refractivity contribution in [3.05, 3.63) is 12.2 Å². The van der Waals surface area contributed by atoms with Crippen LogP contribution >= 0.6 is 11.9 Å². The van der Waals surface area contributed by atoms with E-state index in [1.54, 1.807) is 6.92 Å². The van der Waals surface area contributed by atoms with Gasteiger partial charge in [-0.1, -0.05) is 6.58 Å². The van der Waals surface area contributed by atoms with Crippen molar-refractivity contribution < 1.29 is 33.1 Å². The SMILES string of the molecule is C=C(C)C(C(=O)O[Si](C)(C)C)N1C(=O)C2OC(C)C(=O)NC3CC(=O)N(SC21)C3=O. The number of likely N-dealkylation sites (tertiary alicyclic amines) is 1. The van der Waals surface area contributed by atoms with Gasteiger partial charge in [0.25, 0.3) is 11.8 Å². The molecular formula is C18H25N3O7SSi. The molecule has 164 valence electrons. The molecule has 0 aromatic rings. The Balaban J connectivity index is 1.94. The molecule has 5 unspecified atom stereocenters. The van der Waals surface area contributed by atoms with Gasteiger partial charge in [0.2, 0.25) is 20.1 Å². The third-order valence-corrected chi connectivity index (χ3v) is 6.86. The van der Waals surface area contributed by atoms with Crippen LogP contribution in [0.1, 0.15) is 20.3 Å². The molecule has 2 bridgehead atoms. The molecule has 4 amide bonds. The van der Waals surface area contributed by atoms with Crippen LogP contribution in [0.25, 0.3) is 0 Å². The highest BCUT2D eigenvalue weighted by molar-refractivity contribution is 7.98. The van der Waals surface area contributed by atoms with Gasteiger partial charge in [0, 0.05) is 0 Å². The maximum Gasteiger partial charge on any atom is 0.319 e. The van der Waals surface area contributed by atoms with Crippen molar-refractivity contribution in [1.29, 1.82) is 0 Å². The molecular weight excluding hydrogens is 430 g/mol. The van der Waals surface area contributed by atoms with Gasteiger partial charge in [-0.3, -0.25) is 24.0 Å². The Morgan fingerprint density at radius 1 is 1.27 bits per heavy atom. The van der Waals surface area contributed by atoms with Crippen LogP contribution in [-0.4, -0.2) is 76.8 Å². The first-order valence-electron chi connectivity index (χ1n) is 9.51. The quantitative estimate of drug-likeness (QED) is 0.209. The maximum atomic E-state index is 12.9. The van der Waals surface area contributed by atoms with Gasteiger partial charge in [-0.15, -0.1) is 0 Å². The second kappa shape index (κ2) is 7.82. The molecule has 0 aromatic carbocycles. The van der Waals surface area contributed by atoms with Crippen LogP contribution in [0.5, 0.6) is 0 Å². The molecule has 0 saturated carbocycles. The second-order valence-corrected chi connectivity index (χ2v) is 14.0. The minimum absolute atomic E-state index is 0.169. The zero-order valence-corrected chi connectivity index (χ0v) is 19.3. The summed E-state index contributed by atoms with van der Waals surface area (Å²) in [6.07, 6.45) is -2.29. The number of hydrogen-bond acceptors (Lipinski definition) is 8. The van der Waals surface area contributed by atoms with Crippen LogP contribution in [0.15, 0.2) is 12.2 Å². The van der Waals surface area contributed by atoms with Gasteiger partial charge in [-0.25, -0.2) is 4.31 Å². The van der Waals surface area contributed by atoms with Crippen LogP contribution < -0.4 is 5.32 Å². The van der Waals surface area contributed by atoms with Crippen molar-refractivity contribution in [1.82, 2.24) is 14.5 Å². The van der Waals surface area contributed by atoms with Gasteiger partial charge in [0.1, 0.15) is 17.5 Å². The molecule has 3 rings (SSSR count). The van der Waals surface area contributed by atoms with E-state index in [0.29, 0.717) is 5.57 Å². The lowest BCUT2D eigenvalue weighted by molar-refractivity contribution is -0.180. The monoisotopic (exact) mass is 455 g/mol. The van der Waals surface area contributed by atoms with Crippen molar-refractivity contribution in [3.8, 4) is 0 Å². The van der Waals surface area contributed by atoms with E-state index in [0.717, 1.165) is 16.3 Å². The summed E-state index contributed by atoms with van der Waals surface area (Å²) in [5, 5.41) is 1.61. The largest absolute Gasteiger partial charge is 0.518 e. The van der Waals surface area contributed by atoms with Crippen LogP contribution in [0, 0.1) is 0 Å². The lowest BCUT2D eigenvalue weighted by Gasteiger charge is -2.50. The van der Waals surface area contributed by atoms with E-state index in [4.69, 9.17) is 9.16 Å². The lowest BCUT2D eigenvalue weighted by Crippen LogP contribution is -2.71. The average molecular weight is 456 g/mol. The van der Waals surface area contributed by atoms with E-state index in [2.05, 4.69) is 11.9 Å². The molecule has 0 spiro atoms. The topological polar surface area (TPSA) is 122 Å². The Bertz CT molecular complexity index is 842. The van der Waals surface area contributed by atoms with E-state index < -0.39 is 67.6 Å². The standard InChI is InChI=1S/C18H25N3O7SSi/c1-8(2)12(18(26)28-30(4,5)6)20-16(25)13-17(20)29-21-11(22)7-10(15(21)24)19-14(23)9(3)27-13/h9-10,12-13,17H,1,7H2,2-6H3,(H,19,23). The van der Waals surface area contributed by atoms with Crippen molar-refractivity contribution in [2.75, 3.05) is 0 Å². The predicted octanol–water partition coefficient (Wildman–Crippen LogP) is 0.157. The first-order valence-corrected chi connectivity index (χ1v) is 13.8. The van der Waals surface area contributed by atoms with Gasteiger partial charge < -0.3 is 19.4 Å². The number of carbonyl (C=O) groups is 5. The third kappa shape index (κ3) is 4.03. The summed E-state index contributed by atoms with van der Waals surface area (Å²) in [7, 11) is -2.26. The minimum atomic E-state index is -2.26. The van der Waals surface area contributed by atoms with Gasteiger partial charge in [0.05, 0.1) is 6.42 Å². The molecule has 12 heteroatoms. The minimum Gasteiger partial charge on any atom is -0.518 e. The highest BCUT2D eigenvalue weighted by atomic mass is 32.2. The number of rotatable bonds is 4. The Labute approximate surface area is 179 Å². The molecule has 0 radical (unpaired) electrons. The summed E-state index contributed by atoms with van der Waals surface area (Å²) in [5.41, 5.74) is 0.380. The molecule has 30 heavy (non-hydrogen) atoms. The molecule has 3 fully saturated rings. The second-order valence-electron chi connectivity index (χ2n) is 8.51. The van der Waals surface area contributed by atoms with Gasteiger partial charge in [-0.2, -0.15) is 0 Å². The van der Waals surface area contributed by atoms with Crippen LogP contribution in [0.4, 0.5) is 0 Å². The Morgan fingerprint density at radius 2 is 1.90 bits per heavy atom. The fraction of sp³-hybridized carbons (Fsp3) is 0.611. The summed E-state index contributed by atoms with van der Waals surface area (Å²) in [5.74, 6) is -2.80. The predicted molar refractivity (Wildman–Crippen MR) is 109 cm³/mol. The van der Waals surface area contributed by atoms with E-state index in [1.807, 2.05) is 19.6 Å². The maximum absolute atomic E-state index is 12.9. The van der Waals surface area contributed by atoms with E-state index >= 15 is 0 Å². The summed E-state index contributed by atoms with van der Waals surface area (Å²) in [6.45, 7) is 12.4. The molecule has 3 saturated heterocycles. The van der Waals surface area contributed by atoms with E-state index in [1.165, 1.54) is 11.8 Å². The molecule has 0 aliphatic carbocycles. The molecule has 10 nitrogen and oxygen atoms in total. The van der Waals surface area contributed by atoms with Crippen LogP contribution in [-0.2, 0) is 33.1 Å². The summed E-state index contributed by atoms with van der Waals surface area (Å²) >= 11 is 0.818. The van der Waals surface area contributed by atoms with Crippen molar-refractivity contribution in [3.63, 3.8) is 0 Å². The van der Waals surface area contributed by atoms with Crippen molar-refractivity contribution in [2.45, 2.75) is 69.6 Å². The smallest absolute Gasteiger partial charge is 0.319 e. The molecule has 1 N–H and O–H groups in total. The molecule has 3 aliphatic rings. The Hall–Kier alpha value is -2.18. The number of β-lactam (4-membered cyclic amide) rings is 1. The number of amides is 4. The fourth-order valence-corrected chi connectivity index (χ4v) is 5.36. The number of nitrogens with zero attached hydrogens (tertiary/aromatic N) is 2. The molecule has 5 atom stereocenters. The highest BCUT2D eigenvalue weighted by Crippen LogP contribution is 2.40. The average Bonchev–Trinajstić information content (AvgIpc) is 2.86. The first kappa shape index (κ1) is 22.5. The fourth-order valence-electron chi connectivity index (χ4n) is 3.39. The third-order valence-electron chi connectivity index (χ3n) is 4.76. The molecule has 3 aliphatic heterocycles. The van der Waals surface area contributed by atoms with Crippen LogP contribution in [0.2, 0.25) is 19.6 Å². The number of hydrogen-bond donors (Lipinski definition) is 1. The summed E-state index contributed by atoms with van der Waals surface area (Å²) in [4.78, 5) is 64.2.